The normalized spacial score (nSPS) is 17.0. The molecule has 1 fully saturated rings. The number of rotatable bonds is 2. The summed E-state index contributed by atoms with van der Waals surface area (Å²) in [7, 11) is 2.19. The van der Waals surface area contributed by atoms with Crippen LogP contribution in [0.25, 0.3) is 5.69 Å². The number of piperazine rings is 1. The Balaban J connectivity index is 1.75. The third-order valence-corrected chi connectivity index (χ3v) is 4.43. The largest absolute Gasteiger partial charge is 0.369 e. The lowest BCUT2D eigenvalue weighted by molar-refractivity contribution is 0.313. The highest BCUT2D eigenvalue weighted by atomic mass is 15.3. The Morgan fingerprint density at radius 2 is 1.50 bits per heavy atom. The highest BCUT2D eigenvalue weighted by Crippen LogP contribution is 2.23. The van der Waals surface area contributed by atoms with E-state index in [-0.39, 0.29) is 5.41 Å². The summed E-state index contributed by atoms with van der Waals surface area (Å²) in [5.41, 5.74) is 3.82. The van der Waals surface area contributed by atoms with E-state index in [1.54, 1.807) is 0 Å². The van der Waals surface area contributed by atoms with Gasteiger partial charge in [-0.05, 0) is 42.3 Å². The van der Waals surface area contributed by atoms with Crippen LogP contribution >= 0.6 is 0 Å². The van der Waals surface area contributed by atoms with Crippen molar-refractivity contribution in [3.8, 4) is 5.69 Å². The number of anilines is 1. The van der Waals surface area contributed by atoms with Crippen LogP contribution in [0.15, 0.2) is 36.7 Å². The molecule has 4 heteroatoms. The first-order valence-electron chi connectivity index (χ1n) is 8.02. The van der Waals surface area contributed by atoms with Crippen LogP contribution < -0.4 is 4.90 Å². The van der Waals surface area contributed by atoms with Crippen molar-refractivity contribution in [2.75, 3.05) is 38.1 Å². The van der Waals surface area contributed by atoms with Crippen LogP contribution in [0.5, 0.6) is 0 Å². The van der Waals surface area contributed by atoms with Gasteiger partial charge < -0.3 is 9.80 Å². The van der Waals surface area contributed by atoms with Crippen molar-refractivity contribution in [3.63, 3.8) is 0 Å². The molecule has 0 unspecified atom stereocenters. The van der Waals surface area contributed by atoms with Gasteiger partial charge in [-0.1, -0.05) is 20.8 Å². The molecule has 2 heterocycles. The van der Waals surface area contributed by atoms with Gasteiger partial charge in [-0.2, -0.15) is 5.10 Å². The molecule has 4 nitrogen and oxygen atoms in total. The Hall–Kier alpha value is -1.81. The first kappa shape index (κ1) is 15.1. The predicted molar refractivity (Wildman–Crippen MR) is 92.0 cm³/mol. The fourth-order valence-corrected chi connectivity index (χ4v) is 2.73. The molecular weight excluding hydrogens is 272 g/mol. The molecule has 0 amide bonds. The zero-order valence-corrected chi connectivity index (χ0v) is 14.1. The first-order chi connectivity index (χ1) is 10.4. The van der Waals surface area contributed by atoms with Crippen LogP contribution in [0.2, 0.25) is 0 Å². The van der Waals surface area contributed by atoms with Gasteiger partial charge in [0.05, 0.1) is 11.9 Å². The van der Waals surface area contributed by atoms with Gasteiger partial charge in [0, 0.05) is 38.1 Å². The average molecular weight is 298 g/mol. The molecule has 22 heavy (non-hydrogen) atoms. The first-order valence-corrected chi connectivity index (χ1v) is 8.02. The molecule has 0 N–H and O–H groups in total. The fraction of sp³-hybridized carbons (Fsp3) is 0.500. The van der Waals surface area contributed by atoms with Gasteiger partial charge in [-0.3, -0.25) is 0 Å². The van der Waals surface area contributed by atoms with E-state index in [0.717, 1.165) is 31.9 Å². The van der Waals surface area contributed by atoms with Gasteiger partial charge in [0.25, 0.3) is 0 Å². The predicted octanol–water partition coefficient (Wildman–Crippen LogP) is 2.92. The molecule has 1 saturated heterocycles. The third-order valence-electron chi connectivity index (χ3n) is 4.43. The third kappa shape index (κ3) is 3.17. The van der Waals surface area contributed by atoms with E-state index in [1.165, 1.54) is 11.3 Å². The topological polar surface area (TPSA) is 24.3 Å². The van der Waals surface area contributed by atoms with Gasteiger partial charge >= 0.3 is 0 Å². The molecule has 0 atom stereocenters. The summed E-state index contributed by atoms with van der Waals surface area (Å²) in [6.07, 6.45) is 4.10. The Kier molecular flexibility index (Phi) is 3.96. The van der Waals surface area contributed by atoms with Crippen LogP contribution in [0.1, 0.15) is 26.3 Å². The van der Waals surface area contributed by atoms with E-state index in [2.05, 4.69) is 73.2 Å². The fourth-order valence-electron chi connectivity index (χ4n) is 2.73. The number of likely N-dealkylation sites (N-methyl/N-ethyl adjacent to an activating group) is 1. The second-order valence-corrected chi connectivity index (χ2v) is 7.23. The summed E-state index contributed by atoms with van der Waals surface area (Å²) in [6.45, 7) is 11.1. The Bertz CT molecular complexity index is 613. The molecule has 0 radical (unpaired) electrons. The standard InChI is InChI=1S/C18H26N4/c1-18(2,3)15-13-19-22(14-15)17-7-5-16(6-8-17)21-11-9-20(4)10-12-21/h5-8,13-14H,9-12H2,1-4H3. The summed E-state index contributed by atoms with van der Waals surface area (Å²) in [6, 6.07) is 8.73. The van der Waals surface area contributed by atoms with Crippen molar-refractivity contribution in [1.29, 1.82) is 0 Å². The van der Waals surface area contributed by atoms with Crippen molar-refractivity contribution in [1.82, 2.24) is 14.7 Å². The zero-order chi connectivity index (χ0) is 15.7. The van der Waals surface area contributed by atoms with Crippen LogP contribution in [0.3, 0.4) is 0 Å². The summed E-state index contributed by atoms with van der Waals surface area (Å²) >= 11 is 0. The van der Waals surface area contributed by atoms with Gasteiger partial charge in [0.15, 0.2) is 0 Å². The van der Waals surface area contributed by atoms with Crippen LogP contribution in [-0.4, -0.2) is 47.9 Å². The molecule has 1 aliphatic rings. The molecule has 0 aliphatic carbocycles. The maximum absolute atomic E-state index is 4.50. The molecule has 2 aromatic rings. The summed E-state index contributed by atoms with van der Waals surface area (Å²) in [5, 5.41) is 4.50. The van der Waals surface area contributed by atoms with Crippen LogP contribution in [0.4, 0.5) is 5.69 Å². The summed E-state index contributed by atoms with van der Waals surface area (Å²) in [5.74, 6) is 0. The van der Waals surface area contributed by atoms with E-state index < -0.39 is 0 Å². The highest BCUT2D eigenvalue weighted by Gasteiger charge is 2.17. The molecule has 0 bridgehead atoms. The summed E-state index contributed by atoms with van der Waals surface area (Å²) in [4.78, 5) is 4.83. The van der Waals surface area contributed by atoms with Crippen LogP contribution in [0, 0.1) is 0 Å². The van der Waals surface area contributed by atoms with Crippen molar-refractivity contribution in [3.05, 3.63) is 42.2 Å². The van der Waals surface area contributed by atoms with Crippen molar-refractivity contribution in [2.45, 2.75) is 26.2 Å². The monoisotopic (exact) mass is 298 g/mol. The number of hydrogen-bond acceptors (Lipinski definition) is 3. The molecule has 3 rings (SSSR count). The SMILES string of the molecule is CN1CCN(c2ccc(-n3cc(C(C)(C)C)cn3)cc2)CC1. The number of nitrogens with zero attached hydrogens (tertiary/aromatic N) is 4. The Morgan fingerprint density at radius 1 is 0.909 bits per heavy atom. The molecule has 118 valence electrons. The molecule has 0 spiro atoms. The summed E-state index contributed by atoms with van der Waals surface area (Å²) < 4.78 is 1.97. The van der Waals surface area contributed by atoms with Crippen molar-refractivity contribution < 1.29 is 0 Å². The van der Waals surface area contributed by atoms with E-state index in [0.29, 0.717) is 0 Å². The lowest BCUT2D eigenvalue weighted by Crippen LogP contribution is -2.44. The second kappa shape index (κ2) is 5.76. The van der Waals surface area contributed by atoms with Crippen molar-refractivity contribution in [2.24, 2.45) is 0 Å². The van der Waals surface area contributed by atoms with Gasteiger partial charge in [0.2, 0.25) is 0 Å². The zero-order valence-electron chi connectivity index (χ0n) is 14.1. The minimum absolute atomic E-state index is 0.137. The van der Waals surface area contributed by atoms with Crippen molar-refractivity contribution >= 4 is 5.69 Å². The highest BCUT2D eigenvalue weighted by molar-refractivity contribution is 5.51. The lowest BCUT2D eigenvalue weighted by Gasteiger charge is -2.34. The maximum atomic E-state index is 4.50. The van der Waals surface area contributed by atoms with E-state index in [4.69, 9.17) is 0 Å². The number of hydrogen-bond donors (Lipinski definition) is 0. The Labute approximate surface area is 133 Å². The number of aromatic nitrogens is 2. The van der Waals surface area contributed by atoms with Gasteiger partial charge in [-0.25, -0.2) is 4.68 Å². The minimum atomic E-state index is 0.137. The molecule has 1 aliphatic heterocycles. The average Bonchev–Trinajstić information content (AvgIpc) is 2.98. The van der Waals surface area contributed by atoms with E-state index in [9.17, 15) is 0 Å². The smallest absolute Gasteiger partial charge is 0.0647 e. The minimum Gasteiger partial charge on any atom is -0.369 e. The van der Waals surface area contributed by atoms with Crippen LogP contribution in [-0.2, 0) is 5.41 Å². The van der Waals surface area contributed by atoms with E-state index >= 15 is 0 Å². The molecule has 1 aromatic carbocycles. The Morgan fingerprint density at radius 3 is 2.05 bits per heavy atom. The second-order valence-electron chi connectivity index (χ2n) is 7.23. The molecule has 0 saturated carbocycles. The lowest BCUT2D eigenvalue weighted by atomic mass is 9.90. The molecular formula is C18H26N4. The quantitative estimate of drug-likeness (QED) is 0.852. The van der Waals surface area contributed by atoms with Gasteiger partial charge in [-0.15, -0.1) is 0 Å². The maximum Gasteiger partial charge on any atom is 0.0647 e. The van der Waals surface area contributed by atoms with E-state index in [1.807, 2.05) is 10.9 Å². The van der Waals surface area contributed by atoms with Gasteiger partial charge in [0.1, 0.15) is 0 Å². The number of benzene rings is 1. The molecule has 1 aromatic heterocycles.